The molecule has 1 aromatic carbocycles. The molecular formula is C23H32N2OS. The minimum absolute atomic E-state index is 0.510. The summed E-state index contributed by atoms with van der Waals surface area (Å²) in [7, 11) is 0. The number of aryl methyl sites for hydroxylation is 1. The molecule has 0 bridgehead atoms. The third kappa shape index (κ3) is 6.69. The highest BCUT2D eigenvalue weighted by Crippen LogP contribution is 2.18. The van der Waals surface area contributed by atoms with Crippen LogP contribution in [0.5, 0.6) is 0 Å². The van der Waals surface area contributed by atoms with Crippen molar-refractivity contribution in [3.8, 4) is 0 Å². The van der Waals surface area contributed by atoms with Crippen LogP contribution in [0.1, 0.15) is 62.0 Å². The van der Waals surface area contributed by atoms with Gasteiger partial charge in [-0.2, -0.15) is 0 Å². The molecule has 0 spiro atoms. The highest BCUT2D eigenvalue weighted by atomic mass is 32.1. The Labute approximate surface area is 169 Å². The largest absolute Gasteiger partial charge is 0.464 e. The average Bonchev–Trinajstić information content (AvgIpc) is 3.06. The van der Waals surface area contributed by atoms with Gasteiger partial charge in [-0.1, -0.05) is 62.4 Å². The molecule has 0 saturated heterocycles. The SMILES string of the molecule is Cc1ccc(CN(CCc2ccccc2)C(=S)NC2CCCCCCC2)o1. The maximum absolute atomic E-state index is 5.83. The van der Waals surface area contributed by atoms with Crippen LogP contribution in [0.25, 0.3) is 0 Å². The number of rotatable bonds is 6. The Morgan fingerprint density at radius 1 is 1.04 bits per heavy atom. The fraction of sp³-hybridized carbons (Fsp3) is 0.522. The topological polar surface area (TPSA) is 28.4 Å². The van der Waals surface area contributed by atoms with Gasteiger partial charge < -0.3 is 14.6 Å². The number of hydrogen-bond acceptors (Lipinski definition) is 2. The van der Waals surface area contributed by atoms with Crippen LogP contribution in [-0.4, -0.2) is 22.6 Å². The van der Waals surface area contributed by atoms with Gasteiger partial charge in [-0.3, -0.25) is 0 Å². The lowest BCUT2D eigenvalue weighted by molar-refractivity contribution is 0.342. The standard InChI is InChI=1S/C23H32N2OS/c1-19-14-15-22(26-19)18-25(17-16-20-10-6-5-7-11-20)23(27)24-21-12-8-3-2-4-9-13-21/h5-7,10-11,14-15,21H,2-4,8-9,12-13,16-18H2,1H3,(H,24,27). The van der Waals surface area contributed by atoms with Gasteiger partial charge in [-0.25, -0.2) is 0 Å². The summed E-state index contributed by atoms with van der Waals surface area (Å²) in [6, 6.07) is 15.2. The summed E-state index contributed by atoms with van der Waals surface area (Å²) in [5, 5.41) is 4.53. The van der Waals surface area contributed by atoms with E-state index in [4.69, 9.17) is 16.6 Å². The maximum Gasteiger partial charge on any atom is 0.169 e. The summed E-state index contributed by atoms with van der Waals surface area (Å²) >= 11 is 5.83. The summed E-state index contributed by atoms with van der Waals surface area (Å²) < 4.78 is 5.81. The Hall–Kier alpha value is -1.81. The van der Waals surface area contributed by atoms with Crippen molar-refractivity contribution < 1.29 is 4.42 Å². The third-order valence-electron chi connectivity index (χ3n) is 5.38. The van der Waals surface area contributed by atoms with Crippen molar-refractivity contribution in [1.82, 2.24) is 10.2 Å². The van der Waals surface area contributed by atoms with Gasteiger partial charge in [0.2, 0.25) is 0 Å². The first-order chi connectivity index (χ1) is 13.2. The molecule has 0 aliphatic heterocycles. The molecule has 1 aromatic heterocycles. The quantitative estimate of drug-likeness (QED) is 0.654. The summed E-state index contributed by atoms with van der Waals surface area (Å²) in [4.78, 5) is 2.26. The van der Waals surface area contributed by atoms with E-state index in [0.29, 0.717) is 6.04 Å². The first-order valence-electron chi connectivity index (χ1n) is 10.4. The molecule has 1 aliphatic carbocycles. The van der Waals surface area contributed by atoms with Crippen molar-refractivity contribution in [1.29, 1.82) is 0 Å². The van der Waals surface area contributed by atoms with Gasteiger partial charge in [0.25, 0.3) is 0 Å². The predicted molar refractivity (Wildman–Crippen MR) is 116 cm³/mol. The van der Waals surface area contributed by atoms with E-state index in [0.717, 1.165) is 36.1 Å². The van der Waals surface area contributed by atoms with Crippen LogP contribution in [0.2, 0.25) is 0 Å². The third-order valence-corrected chi connectivity index (χ3v) is 5.75. The van der Waals surface area contributed by atoms with Crippen LogP contribution in [-0.2, 0) is 13.0 Å². The monoisotopic (exact) mass is 384 g/mol. The molecule has 1 saturated carbocycles. The van der Waals surface area contributed by atoms with E-state index in [-0.39, 0.29) is 0 Å². The Balaban J connectivity index is 1.62. The zero-order chi connectivity index (χ0) is 18.9. The van der Waals surface area contributed by atoms with E-state index in [9.17, 15) is 0 Å². The second kappa shape index (κ2) is 10.5. The van der Waals surface area contributed by atoms with Crippen LogP contribution >= 0.6 is 12.2 Å². The average molecular weight is 385 g/mol. The summed E-state index contributed by atoms with van der Waals surface area (Å²) in [5.41, 5.74) is 1.34. The van der Waals surface area contributed by atoms with E-state index < -0.39 is 0 Å². The number of benzene rings is 1. The molecule has 1 aliphatic rings. The van der Waals surface area contributed by atoms with Crippen LogP contribution in [0.4, 0.5) is 0 Å². The number of nitrogens with zero attached hydrogens (tertiary/aromatic N) is 1. The molecule has 0 amide bonds. The molecule has 3 nitrogen and oxygen atoms in total. The predicted octanol–water partition coefficient (Wildman–Crippen LogP) is 5.62. The molecule has 146 valence electrons. The van der Waals surface area contributed by atoms with Crippen LogP contribution in [0, 0.1) is 6.92 Å². The normalized spacial score (nSPS) is 15.7. The highest BCUT2D eigenvalue weighted by molar-refractivity contribution is 7.80. The molecule has 3 rings (SSSR count). The van der Waals surface area contributed by atoms with Gasteiger partial charge in [0.1, 0.15) is 11.5 Å². The number of hydrogen-bond donors (Lipinski definition) is 1. The second-order valence-electron chi connectivity index (χ2n) is 7.66. The Morgan fingerprint density at radius 3 is 2.41 bits per heavy atom. The van der Waals surface area contributed by atoms with E-state index >= 15 is 0 Å². The Bertz CT molecular complexity index is 689. The lowest BCUT2D eigenvalue weighted by Gasteiger charge is -2.29. The summed E-state index contributed by atoms with van der Waals surface area (Å²) in [6.07, 6.45) is 10.1. The van der Waals surface area contributed by atoms with E-state index in [1.807, 2.05) is 13.0 Å². The Morgan fingerprint density at radius 2 is 1.74 bits per heavy atom. The van der Waals surface area contributed by atoms with Crippen LogP contribution in [0.15, 0.2) is 46.9 Å². The molecule has 0 atom stereocenters. The molecule has 0 radical (unpaired) electrons. The second-order valence-corrected chi connectivity index (χ2v) is 8.05. The molecule has 1 N–H and O–H groups in total. The van der Waals surface area contributed by atoms with Crippen molar-refractivity contribution in [2.24, 2.45) is 0 Å². The number of nitrogens with one attached hydrogen (secondary N) is 1. The van der Waals surface area contributed by atoms with Crippen molar-refractivity contribution >= 4 is 17.3 Å². The fourth-order valence-corrected chi connectivity index (χ4v) is 4.11. The minimum atomic E-state index is 0.510. The maximum atomic E-state index is 5.83. The highest BCUT2D eigenvalue weighted by Gasteiger charge is 2.17. The molecular weight excluding hydrogens is 352 g/mol. The van der Waals surface area contributed by atoms with Gasteiger partial charge in [-0.15, -0.1) is 0 Å². The van der Waals surface area contributed by atoms with E-state index in [2.05, 4.69) is 46.6 Å². The van der Waals surface area contributed by atoms with Gasteiger partial charge in [-0.05, 0) is 56.1 Å². The number of thiocarbonyl (C=S) groups is 1. The Kier molecular flexibility index (Phi) is 7.76. The zero-order valence-electron chi connectivity index (χ0n) is 16.5. The fourth-order valence-electron chi connectivity index (χ4n) is 3.79. The van der Waals surface area contributed by atoms with Gasteiger partial charge >= 0.3 is 0 Å². The van der Waals surface area contributed by atoms with Gasteiger partial charge in [0, 0.05) is 12.6 Å². The van der Waals surface area contributed by atoms with Crippen LogP contribution < -0.4 is 5.32 Å². The summed E-state index contributed by atoms with van der Waals surface area (Å²) in [6.45, 7) is 3.60. The number of furan rings is 1. The van der Waals surface area contributed by atoms with E-state index in [1.165, 1.54) is 50.5 Å². The molecule has 2 aromatic rings. The van der Waals surface area contributed by atoms with Gasteiger partial charge in [0.15, 0.2) is 5.11 Å². The molecule has 0 unspecified atom stereocenters. The zero-order valence-corrected chi connectivity index (χ0v) is 17.3. The lowest BCUT2D eigenvalue weighted by Crippen LogP contribution is -2.45. The van der Waals surface area contributed by atoms with E-state index in [1.54, 1.807) is 0 Å². The van der Waals surface area contributed by atoms with Crippen molar-refractivity contribution in [3.63, 3.8) is 0 Å². The smallest absolute Gasteiger partial charge is 0.169 e. The van der Waals surface area contributed by atoms with Crippen LogP contribution in [0.3, 0.4) is 0 Å². The molecule has 4 heteroatoms. The van der Waals surface area contributed by atoms with Gasteiger partial charge in [0.05, 0.1) is 6.54 Å². The van der Waals surface area contributed by atoms with Crippen molar-refractivity contribution in [2.45, 2.75) is 70.9 Å². The minimum Gasteiger partial charge on any atom is -0.464 e. The summed E-state index contributed by atoms with van der Waals surface area (Å²) in [5.74, 6) is 1.93. The first-order valence-corrected chi connectivity index (χ1v) is 10.8. The van der Waals surface area contributed by atoms with Crippen molar-refractivity contribution in [3.05, 3.63) is 59.5 Å². The lowest BCUT2D eigenvalue weighted by atomic mass is 9.97. The van der Waals surface area contributed by atoms with Crippen molar-refractivity contribution in [2.75, 3.05) is 6.54 Å². The molecule has 27 heavy (non-hydrogen) atoms. The molecule has 1 heterocycles. The first kappa shape index (κ1) is 19.9. The molecule has 1 fully saturated rings.